The van der Waals surface area contributed by atoms with Gasteiger partial charge in [-0.05, 0) is 43.6 Å². The molecular formula is C17H34N2O. The summed E-state index contributed by atoms with van der Waals surface area (Å²) in [6.07, 6.45) is 10.00. The summed E-state index contributed by atoms with van der Waals surface area (Å²) in [6.45, 7) is 7.51. The molecule has 1 saturated carbocycles. The zero-order valence-electron chi connectivity index (χ0n) is 13.7. The zero-order valence-corrected chi connectivity index (χ0v) is 13.7. The van der Waals surface area contributed by atoms with E-state index in [9.17, 15) is 4.79 Å². The van der Waals surface area contributed by atoms with Crippen LogP contribution in [0, 0.1) is 11.3 Å². The van der Waals surface area contributed by atoms with Crippen molar-refractivity contribution in [1.29, 1.82) is 0 Å². The molecule has 0 aromatic heterocycles. The summed E-state index contributed by atoms with van der Waals surface area (Å²) in [5.41, 5.74) is 5.91. The number of carbonyl (C=O) groups excluding carboxylic acids is 1. The van der Waals surface area contributed by atoms with E-state index in [1.54, 1.807) is 0 Å². The Morgan fingerprint density at radius 2 is 2.05 bits per heavy atom. The van der Waals surface area contributed by atoms with Crippen LogP contribution in [0.3, 0.4) is 0 Å². The van der Waals surface area contributed by atoms with E-state index in [0.717, 1.165) is 25.8 Å². The fourth-order valence-electron chi connectivity index (χ4n) is 3.44. The van der Waals surface area contributed by atoms with Gasteiger partial charge in [-0.15, -0.1) is 0 Å². The number of amides is 1. The van der Waals surface area contributed by atoms with E-state index in [1.807, 2.05) is 0 Å². The monoisotopic (exact) mass is 282 g/mol. The number of rotatable bonds is 8. The van der Waals surface area contributed by atoms with Crippen LogP contribution in [0.4, 0.5) is 0 Å². The number of nitrogens with one attached hydrogen (secondary N) is 1. The van der Waals surface area contributed by atoms with Gasteiger partial charge < -0.3 is 11.1 Å². The molecule has 0 heterocycles. The Balaban J connectivity index is 2.35. The van der Waals surface area contributed by atoms with Crippen LogP contribution >= 0.6 is 0 Å². The summed E-state index contributed by atoms with van der Waals surface area (Å²) >= 11 is 0. The fraction of sp³-hybridized carbons (Fsp3) is 0.941. The first-order valence-corrected chi connectivity index (χ1v) is 8.49. The molecule has 1 rings (SSSR count). The molecule has 1 aliphatic rings. The molecule has 1 amide bonds. The molecule has 3 nitrogen and oxygen atoms in total. The first-order chi connectivity index (χ1) is 9.49. The normalized spacial score (nSPS) is 23.3. The Hall–Kier alpha value is -0.570. The van der Waals surface area contributed by atoms with Gasteiger partial charge in [-0.3, -0.25) is 4.79 Å². The quantitative estimate of drug-likeness (QED) is 0.714. The zero-order chi connectivity index (χ0) is 15.0. The summed E-state index contributed by atoms with van der Waals surface area (Å²) < 4.78 is 0. The maximum Gasteiger partial charge on any atom is 0.220 e. The summed E-state index contributed by atoms with van der Waals surface area (Å²) in [4.78, 5) is 12.2. The highest BCUT2D eigenvalue weighted by Gasteiger charge is 2.32. The molecule has 20 heavy (non-hydrogen) atoms. The Bertz CT molecular complexity index is 283. The SMILES string of the molecule is CCCC(CCN)CCC(=O)NC1CCCCC1(C)C. The second-order valence-electron chi connectivity index (χ2n) is 7.13. The number of hydrogen-bond acceptors (Lipinski definition) is 2. The van der Waals surface area contributed by atoms with Crippen molar-refractivity contribution in [3.63, 3.8) is 0 Å². The van der Waals surface area contributed by atoms with Gasteiger partial charge in [0.25, 0.3) is 0 Å². The van der Waals surface area contributed by atoms with Gasteiger partial charge in [-0.1, -0.05) is 46.5 Å². The molecule has 0 bridgehead atoms. The average molecular weight is 282 g/mol. The van der Waals surface area contributed by atoms with Crippen molar-refractivity contribution in [3.8, 4) is 0 Å². The molecule has 1 fully saturated rings. The molecule has 118 valence electrons. The van der Waals surface area contributed by atoms with Gasteiger partial charge in [0, 0.05) is 12.5 Å². The van der Waals surface area contributed by atoms with Crippen LogP contribution in [-0.4, -0.2) is 18.5 Å². The molecule has 0 saturated heterocycles. The molecule has 3 N–H and O–H groups in total. The van der Waals surface area contributed by atoms with E-state index in [4.69, 9.17) is 5.73 Å². The molecule has 1 aliphatic carbocycles. The summed E-state index contributed by atoms with van der Waals surface area (Å²) in [7, 11) is 0. The van der Waals surface area contributed by atoms with Crippen LogP contribution in [0.2, 0.25) is 0 Å². The van der Waals surface area contributed by atoms with Crippen molar-refractivity contribution < 1.29 is 4.79 Å². The lowest BCUT2D eigenvalue weighted by Gasteiger charge is -2.39. The minimum atomic E-state index is 0.239. The number of nitrogens with two attached hydrogens (primary N) is 1. The Labute approximate surface area is 125 Å². The molecule has 2 atom stereocenters. The van der Waals surface area contributed by atoms with Crippen LogP contribution in [0.5, 0.6) is 0 Å². The third-order valence-corrected chi connectivity index (χ3v) is 4.89. The van der Waals surface area contributed by atoms with Gasteiger partial charge in [0.1, 0.15) is 0 Å². The van der Waals surface area contributed by atoms with Crippen molar-refractivity contribution in [2.24, 2.45) is 17.1 Å². The third kappa shape index (κ3) is 5.82. The van der Waals surface area contributed by atoms with Gasteiger partial charge in [0.05, 0.1) is 0 Å². The minimum Gasteiger partial charge on any atom is -0.353 e. The van der Waals surface area contributed by atoms with Crippen LogP contribution in [-0.2, 0) is 4.79 Å². The lowest BCUT2D eigenvalue weighted by molar-refractivity contribution is -0.123. The molecular weight excluding hydrogens is 248 g/mol. The average Bonchev–Trinajstić information content (AvgIpc) is 2.39. The molecule has 3 heteroatoms. The predicted molar refractivity (Wildman–Crippen MR) is 85.5 cm³/mol. The van der Waals surface area contributed by atoms with E-state index in [-0.39, 0.29) is 11.3 Å². The minimum absolute atomic E-state index is 0.239. The van der Waals surface area contributed by atoms with E-state index in [1.165, 1.54) is 32.1 Å². The van der Waals surface area contributed by atoms with E-state index in [0.29, 0.717) is 18.4 Å². The largest absolute Gasteiger partial charge is 0.353 e. The predicted octanol–water partition coefficient (Wildman–Crippen LogP) is 3.62. The first-order valence-electron chi connectivity index (χ1n) is 8.49. The molecule has 0 spiro atoms. The van der Waals surface area contributed by atoms with Gasteiger partial charge in [0.15, 0.2) is 0 Å². The van der Waals surface area contributed by atoms with Crippen molar-refractivity contribution >= 4 is 5.91 Å². The molecule has 0 aliphatic heterocycles. The topological polar surface area (TPSA) is 55.1 Å². The molecule has 0 aromatic carbocycles. The van der Waals surface area contributed by atoms with E-state index >= 15 is 0 Å². The van der Waals surface area contributed by atoms with Gasteiger partial charge in [0.2, 0.25) is 5.91 Å². The standard InChI is InChI=1S/C17H34N2O/c1-4-7-14(11-13-18)9-10-16(20)19-15-8-5-6-12-17(15,2)3/h14-15H,4-13,18H2,1-3H3,(H,19,20). The van der Waals surface area contributed by atoms with Crippen LogP contribution in [0.25, 0.3) is 0 Å². The van der Waals surface area contributed by atoms with Crippen molar-refractivity contribution in [2.45, 2.75) is 84.6 Å². The van der Waals surface area contributed by atoms with Crippen LogP contribution in [0.15, 0.2) is 0 Å². The number of hydrogen-bond donors (Lipinski definition) is 2. The fourth-order valence-corrected chi connectivity index (χ4v) is 3.44. The van der Waals surface area contributed by atoms with Crippen molar-refractivity contribution in [1.82, 2.24) is 5.32 Å². The second kappa shape index (κ2) is 8.66. The van der Waals surface area contributed by atoms with Crippen LogP contribution < -0.4 is 11.1 Å². The summed E-state index contributed by atoms with van der Waals surface area (Å²) in [5, 5.41) is 3.28. The van der Waals surface area contributed by atoms with Gasteiger partial charge in [-0.2, -0.15) is 0 Å². The summed E-state index contributed by atoms with van der Waals surface area (Å²) in [5.74, 6) is 0.859. The summed E-state index contributed by atoms with van der Waals surface area (Å²) in [6, 6.07) is 0.364. The maximum absolute atomic E-state index is 12.2. The lowest BCUT2D eigenvalue weighted by atomic mass is 9.73. The van der Waals surface area contributed by atoms with Gasteiger partial charge in [-0.25, -0.2) is 0 Å². The van der Waals surface area contributed by atoms with Gasteiger partial charge >= 0.3 is 0 Å². The Kier molecular flexibility index (Phi) is 7.57. The highest BCUT2D eigenvalue weighted by Crippen LogP contribution is 2.35. The van der Waals surface area contributed by atoms with Crippen molar-refractivity contribution in [2.75, 3.05) is 6.54 Å². The van der Waals surface area contributed by atoms with E-state index in [2.05, 4.69) is 26.1 Å². The first kappa shape index (κ1) is 17.5. The smallest absolute Gasteiger partial charge is 0.220 e. The highest BCUT2D eigenvalue weighted by molar-refractivity contribution is 5.76. The maximum atomic E-state index is 12.2. The molecule has 0 aromatic rings. The Morgan fingerprint density at radius 1 is 1.30 bits per heavy atom. The molecule has 2 unspecified atom stereocenters. The highest BCUT2D eigenvalue weighted by atomic mass is 16.1. The molecule has 0 radical (unpaired) electrons. The Morgan fingerprint density at radius 3 is 2.65 bits per heavy atom. The number of carbonyl (C=O) groups is 1. The lowest BCUT2D eigenvalue weighted by Crippen LogP contribution is -2.46. The van der Waals surface area contributed by atoms with Crippen LogP contribution in [0.1, 0.15) is 78.6 Å². The van der Waals surface area contributed by atoms with Crippen molar-refractivity contribution in [3.05, 3.63) is 0 Å². The second-order valence-corrected chi connectivity index (χ2v) is 7.13. The van der Waals surface area contributed by atoms with E-state index < -0.39 is 0 Å². The third-order valence-electron chi connectivity index (χ3n) is 4.89.